The lowest BCUT2D eigenvalue weighted by molar-refractivity contribution is 0.850. The van der Waals surface area contributed by atoms with Crippen LogP contribution in [0.5, 0.6) is 0 Å². The molecule has 0 saturated heterocycles. The highest BCUT2D eigenvalue weighted by molar-refractivity contribution is 7.98. The fraction of sp³-hybridized carbons (Fsp3) is 0.111. The van der Waals surface area contributed by atoms with Crippen LogP contribution < -0.4 is 5.73 Å². The zero-order valence-corrected chi connectivity index (χ0v) is 12.2. The lowest BCUT2D eigenvalue weighted by Gasteiger charge is -2.16. The number of thioether (sulfide) groups is 1. The standard InChI is InChI=1S/C18H17NS/c1-20-17-9-5-4-8-16(17)18(19)15-11-10-13-6-2-3-7-14(13)12-15/h2-12,18H,19H2,1H3. The summed E-state index contributed by atoms with van der Waals surface area (Å²) >= 11 is 1.74. The van der Waals surface area contributed by atoms with Crippen LogP contribution in [0.4, 0.5) is 0 Å². The van der Waals surface area contributed by atoms with Gasteiger partial charge >= 0.3 is 0 Å². The first kappa shape index (κ1) is 13.2. The highest BCUT2D eigenvalue weighted by Crippen LogP contribution is 2.29. The minimum atomic E-state index is -0.0803. The molecule has 3 rings (SSSR count). The van der Waals surface area contributed by atoms with Gasteiger partial charge in [0.15, 0.2) is 0 Å². The molecule has 0 amide bonds. The van der Waals surface area contributed by atoms with Crippen LogP contribution in [-0.4, -0.2) is 6.26 Å². The molecule has 0 radical (unpaired) electrons. The van der Waals surface area contributed by atoms with Crippen molar-refractivity contribution in [3.63, 3.8) is 0 Å². The molecule has 1 atom stereocenters. The van der Waals surface area contributed by atoms with E-state index in [4.69, 9.17) is 5.73 Å². The third-order valence-corrected chi connectivity index (χ3v) is 4.42. The van der Waals surface area contributed by atoms with E-state index in [9.17, 15) is 0 Å². The molecular formula is C18H17NS. The van der Waals surface area contributed by atoms with Gasteiger partial charge in [-0.2, -0.15) is 0 Å². The van der Waals surface area contributed by atoms with Gasteiger partial charge in [-0.15, -0.1) is 11.8 Å². The molecule has 0 aliphatic carbocycles. The average molecular weight is 279 g/mol. The van der Waals surface area contributed by atoms with Crippen LogP contribution in [0.3, 0.4) is 0 Å². The van der Waals surface area contributed by atoms with Gasteiger partial charge in [0.05, 0.1) is 6.04 Å². The first-order valence-electron chi connectivity index (χ1n) is 6.67. The zero-order valence-electron chi connectivity index (χ0n) is 11.4. The maximum atomic E-state index is 6.47. The van der Waals surface area contributed by atoms with E-state index in [-0.39, 0.29) is 6.04 Å². The highest BCUT2D eigenvalue weighted by Gasteiger charge is 2.12. The van der Waals surface area contributed by atoms with Gasteiger partial charge < -0.3 is 5.73 Å². The van der Waals surface area contributed by atoms with Crippen molar-refractivity contribution in [2.45, 2.75) is 10.9 Å². The first-order chi connectivity index (χ1) is 9.79. The molecule has 0 spiro atoms. The van der Waals surface area contributed by atoms with Crippen LogP contribution >= 0.6 is 11.8 Å². The minimum Gasteiger partial charge on any atom is -0.320 e. The van der Waals surface area contributed by atoms with Crippen molar-refractivity contribution < 1.29 is 0 Å². The minimum absolute atomic E-state index is 0.0803. The normalized spacial score (nSPS) is 12.5. The summed E-state index contributed by atoms with van der Waals surface area (Å²) in [5.41, 5.74) is 8.82. The van der Waals surface area contributed by atoms with Gasteiger partial charge in [-0.05, 0) is 40.3 Å². The van der Waals surface area contributed by atoms with Crippen LogP contribution in [0.15, 0.2) is 71.6 Å². The molecule has 2 heteroatoms. The third kappa shape index (κ3) is 2.45. The van der Waals surface area contributed by atoms with E-state index in [0.717, 1.165) is 5.56 Å². The molecule has 0 aliphatic rings. The molecule has 2 N–H and O–H groups in total. The molecule has 100 valence electrons. The molecule has 0 aliphatic heterocycles. The van der Waals surface area contributed by atoms with Gasteiger partial charge in [0.2, 0.25) is 0 Å². The fourth-order valence-corrected chi connectivity index (χ4v) is 3.15. The van der Waals surface area contributed by atoms with E-state index < -0.39 is 0 Å². The van der Waals surface area contributed by atoms with Gasteiger partial charge in [0.25, 0.3) is 0 Å². The fourth-order valence-electron chi connectivity index (χ4n) is 2.50. The maximum absolute atomic E-state index is 6.47. The zero-order chi connectivity index (χ0) is 13.9. The third-order valence-electron chi connectivity index (χ3n) is 3.61. The average Bonchev–Trinajstić information content (AvgIpc) is 2.53. The predicted octanol–water partition coefficient (Wildman–Crippen LogP) is 4.61. The number of benzene rings is 3. The van der Waals surface area contributed by atoms with Crippen LogP contribution in [-0.2, 0) is 0 Å². The number of hydrogen-bond acceptors (Lipinski definition) is 2. The largest absolute Gasteiger partial charge is 0.320 e. The molecule has 1 unspecified atom stereocenters. The summed E-state index contributed by atoms with van der Waals surface area (Å²) in [5, 5.41) is 2.49. The van der Waals surface area contributed by atoms with Crippen molar-refractivity contribution in [2.75, 3.05) is 6.26 Å². The van der Waals surface area contributed by atoms with Crippen molar-refractivity contribution in [2.24, 2.45) is 5.73 Å². The molecule has 0 heterocycles. The van der Waals surface area contributed by atoms with Crippen LogP contribution in [0.25, 0.3) is 10.8 Å². The second kappa shape index (κ2) is 5.70. The Morgan fingerprint density at radius 1 is 0.850 bits per heavy atom. The molecule has 0 fully saturated rings. The summed E-state index contributed by atoms with van der Waals surface area (Å²) in [6.07, 6.45) is 2.09. The van der Waals surface area contributed by atoms with E-state index in [1.165, 1.54) is 21.2 Å². The summed E-state index contributed by atoms with van der Waals surface area (Å²) in [7, 11) is 0. The van der Waals surface area contributed by atoms with Crippen molar-refractivity contribution in [1.29, 1.82) is 0 Å². The molecular weight excluding hydrogens is 262 g/mol. The van der Waals surface area contributed by atoms with E-state index in [1.54, 1.807) is 11.8 Å². The summed E-state index contributed by atoms with van der Waals surface area (Å²) in [5.74, 6) is 0. The molecule has 0 aromatic heterocycles. The topological polar surface area (TPSA) is 26.0 Å². The smallest absolute Gasteiger partial charge is 0.0562 e. The number of nitrogens with two attached hydrogens (primary N) is 1. The summed E-state index contributed by atoms with van der Waals surface area (Å²) < 4.78 is 0. The van der Waals surface area contributed by atoms with Gasteiger partial charge in [-0.25, -0.2) is 0 Å². The lowest BCUT2D eigenvalue weighted by Crippen LogP contribution is -2.12. The van der Waals surface area contributed by atoms with E-state index in [2.05, 4.69) is 73.0 Å². The molecule has 1 nitrogen and oxygen atoms in total. The second-order valence-electron chi connectivity index (χ2n) is 4.83. The van der Waals surface area contributed by atoms with Crippen LogP contribution in [0.2, 0.25) is 0 Å². The lowest BCUT2D eigenvalue weighted by atomic mass is 9.97. The Hall–Kier alpha value is -1.77. The summed E-state index contributed by atoms with van der Waals surface area (Å²) in [6, 6.07) is 23.1. The van der Waals surface area contributed by atoms with Gasteiger partial charge in [0, 0.05) is 4.90 Å². The van der Waals surface area contributed by atoms with Crippen LogP contribution in [0, 0.1) is 0 Å². The van der Waals surface area contributed by atoms with Gasteiger partial charge in [-0.1, -0.05) is 54.6 Å². The molecule has 3 aromatic carbocycles. The Kier molecular flexibility index (Phi) is 3.77. The summed E-state index contributed by atoms with van der Waals surface area (Å²) in [4.78, 5) is 1.24. The van der Waals surface area contributed by atoms with Crippen molar-refractivity contribution >= 4 is 22.5 Å². The van der Waals surface area contributed by atoms with E-state index in [1.807, 2.05) is 0 Å². The Morgan fingerprint density at radius 2 is 1.55 bits per heavy atom. The van der Waals surface area contributed by atoms with Crippen LogP contribution in [0.1, 0.15) is 17.2 Å². The number of hydrogen-bond donors (Lipinski definition) is 1. The maximum Gasteiger partial charge on any atom is 0.0562 e. The SMILES string of the molecule is CSc1ccccc1C(N)c1ccc2ccccc2c1. The second-order valence-corrected chi connectivity index (χ2v) is 5.67. The molecule has 0 saturated carbocycles. The van der Waals surface area contributed by atoms with Crippen molar-refractivity contribution in [1.82, 2.24) is 0 Å². The summed E-state index contributed by atoms with van der Waals surface area (Å²) in [6.45, 7) is 0. The number of fused-ring (bicyclic) bond motifs is 1. The highest BCUT2D eigenvalue weighted by atomic mass is 32.2. The Bertz CT molecular complexity index is 736. The Balaban J connectivity index is 2.05. The molecule has 0 bridgehead atoms. The number of rotatable bonds is 3. The van der Waals surface area contributed by atoms with E-state index in [0.29, 0.717) is 0 Å². The van der Waals surface area contributed by atoms with Gasteiger partial charge in [0.1, 0.15) is 0 Å². The molecule has 3 aromatic rings. The van der Waals surface area contributed by atoms with E-state index >= 15 is 0 Å². The quantitative estimate of drug-likeness (QED) is 0.708. The first-order valence-corrected chi connectivity index (χ1v) is 7.89. The monoisotopic (exact) mass is 279 g/mol. The van der Waals surface area contributed by atoms with Gasteiger partial charge in [-0.3, -0.25) is 0 Å². The Morgan fingerprint density at radius 3 is 2.35 bits per heavy atom. The van der Waals surface area contributed by atoms with Crippen molar-refractivity contribution in [3.8, 4) is 0 Å². The van der Waals surface area contributed by atoms with Crippen molar-refractivity contribution in [3.05, 3.63) is 77.9 Å². The predicted molar refractivity (Wildman–Crippen MR) is 88.2 cm³/mol. The Labute approximate surface area is 123 Å². The molecule has 20 heavy (non-hydrogen) atoms.